The van der Waals surface area contributed by atoms with Crippen molar-refractivity contribution in [2.24, 2.45) is 40.9 Å². The Bertz CT molecular complexity index is 314. The van der Waals surface area contributed by atoms with Crippen LogP contribution in [0.25, 0.3) is 0 Å². The zero-order chi connectivity index (χ0) is 12.9. The van der Waals surface area contributed by atoms with Crippen LogP contribution in [-0.4, -0.2) is 12.4 Å². The van der Waals surface area contributed by atoms with Gasteiger partial charge in [0.1, 0.15) is 0 Å². The number of thiol groups is 1. The highest BCUT2D eigenvalue weighted by Gasteiger charge is 2.64. The maximum atomic E-state index is 4.30. The van der Waals surface area contributed by atoms with Crippen molar-refractivity contribution in [2.75, 3.05) is 12.4 Å². The fourth-order valence-corrected chi connectivity index (χ4v) is 5.77. The van der Waals surface area contributed by atoms with E-state index in [4.69, 9.17) is 0 Å². The zero-order valence-electron chi connectivity index (χ0n) is 12.2. The minimum atomic E-state index is 0.656. The molecule has 3 saturated carbocycles. The predicted molar refractivity (Wildman–Crippen MR) is 80.7 cm³/mol. The van der Waals surface area contributed by atoms with Crippen molar-refractivity contribution < 1.29 is 0 Å². The van der Waals surface area contributed by atoms with E-state index in [1.165, 1.54) is 32.2 Å². The molecule has 1 nitrogen and oxygen atoms in total. The molecule has 0 unspecified atom stereocenters. The Morgan fingerprint density at radius 1 is 1.17 bits per heavy atom. The van der Waals surface area contributed by atoms with Crippen molar-refractivity contribution in [2.45, 2.75) is 46.5 Å². The van der Waals surface area contributed by atoms with E-state index in [0.29, 0.717) is 5.41 Å². The molecule has 0 heterocycles. The van der Waals surface area contributed by atoms with Gasteiger partial charge in [0, 0.05) is 5.88 Å². The topological polar surface area (TPSA) is 12.0 Å². The van der Waals surface area contributed by atoms with Gasteiger partial charge in [0.2, 0.25) is 0 Å². The lowest BCUT2D eigenvalue weighted by Crippen LogP contribution is -2.31. The van der Waals surface area contributed by atoms with Crippen molar-refractivity contribution in [1.82, 2.24) is 5.32 Å². The summed E-state index contributed by atoms with van der Waals surface area (Å²) in [7, 11) is 0. The van der Waals surface area contributed by atoms with Gasteiger partial charge in [-0.2, -0.15) is 12.6 Å². The van der Waals surface area contributed by atoms with Gasteiger partial charge < -0.3 is 5.32 Å². The van der Waals surface area contributed by atoms with E-state index in [0.717, 1.165) is 41.4 Å². The quantitative estimate of drug-likeness (QED) is 0.585. The van der Waals surface area contributed by atoms with Crippen molar-refractivity contribution in [3.8, 4) is 0 Å². The lowest BCUT2D eigenvalue weighted by Gasteiger charge is -2.31. The monoisotopic (exact) mass is 267 g/mol. The molecule has 18 heavy (non-hydrogen) atoms. The van der Waals surface area contributed by atoms with Gasteiger partial charge in [-0.15, -0.1) is 0 Å². The summed E-state index contributed by atoms with van der Waals surface area (Å²) in [6.07, 6.45) is 5.91. The van der Waals surface area contributed by atoms with E-state index in [2.05, 4.69) is 38.7 Å². The second-order valence-corrected chi connectivity index (χ2v) is 8.02. The molecular formula is C16H29NS. The highest BCUT2D eigenvalue weighted by molar-refractivity contribution is 7.80. The molecule has 0 bridgehead atoms. The Morgan fingerprint density at radius 2 is 1.94 bits per heavy atom. The summed E-state index contributed by atoms with van der Waals surface area (Å²) in [6.45, 7) is 8.77. The second-order valence-electron chi connectivity index (χ2n) is 7.70. The fraction of sp³-hybridized carbons (Fsp3) is 1.00. The molecule has 0 aromatic heterocycles. The van der Waals surface area contributed by atoms with Crippen LogP contribution in [0.5, 0.6) is 0 Å². The van der Waals surface area contributed by atoms with Crippen LogP contribution in [0.1, 0.15) is 46.5 Å². The van der Waals surface area contributed by atoms with E-state index in [-0.39, 0.29) is 0 Å². The number of hydrogen-bond donors (Lipinski definition) is 2. The number of nitrogens with one attached hydrogen (secondary N) is 1. The molecule has 0 aromatic rings. The van der Waals surface area contributed by atoms with Crippen LogP contribution in [0.4, 0.5) is 0 Å². The SMILES string of the molecule is C[C@H]1CC[C@@H]2[C@@H](CNCS)CC[C@H]3[C@@H]([C@H]21)C3(C)C. The maximum absolute atomic E-state index is 4.30. The van der Waals surface area contributed by atoms with Gasteiger partial charge in [0.25, 0.3) is 0 Å². The van der Waals surface area contributed by atoms with E-state index in [1.54, 1.807) is 0 Å². The first kappa shape index (κ1) is 13.3. The van der Waals surface area contributed by atoms with Crippen LogP contribution in [-0.2, 0) is 0 Å². The standard InChI is InChI=1S/C16H29NS/c1-10-4-6-12-11(8-17-9-18)5-7-13-15(14(10)12)16(13,2)3/h10-15,17-18H,4-9H2,1-3H3/t10-,11+,12+,13-,14-,15-/m0/s1. The summed E-state index contributed by atoms with van der Waals surface area (Å²) in [5.74, 6) is 6.84. The van der Waals surface area contributed by atoms with Gasteiger partial charge in [0.15, 0.2) is 0 Å². The summed E-state index contributed by atoms with van der Waals surface area (Å²) in [4.78, 5) is 0. The van der Waals surface area contributed by atoms with Crippen molar-refractivity contribution in [3.63, 3.8) is 0 Å². The molecule has 0 amide bonds. The third kappa shape index (κ3) is 1.95. The fourth-order valence-electron chi connectivity index (χ4n) is 5.65. The molecule has 3 rings (SSSR count). The molecule has 0 radical (unpaired) electrons. The van der Waals surface area contributed by atoms with Gasteiger partial charge in [-0.25, -0.2) is 0 Å². The normalized spacial score (nSPS) is 49.3. The Hall–Kier alpha value is 0.310. The molecule has 2 heteroatoms. The van der Waals surface area contributed by atoms with Crippen molar-refractivity contribution in [1.29, 1.82) is 0 Å². The molecule has 104 valence electrons. The minimum absolute atomic E-state index is 0.656. The molecule has 0 spiro atoms. The van der Waals surface area contributed by atoms with Crippen LogP contribution in [0.15, 0.2) is 0 Å². The maximum Gasteiger partial charge on any atom is 0.0387 e. The highest BCUT2D eigenvalue weighted by atomic mass is 32.1. The molecule has 3 fully saturated rings. The third-order valence-electron chi connectivity index (χ3n) is 6.63. The van der Waals surface area contributed by atoms with Crippen LogP contribution in [0, 0.1) is 40.9 Å². The number of hydrogen-bond acceptors (Lipinski definition) is 2. The Kier molecular flexibility index (Phi) is 3.47. The molecule has 3 aliphatic rings. The average molecular weight is 267 g/mol. The molecule has 0 aliphatic heterocycles. The zero-order valence-corrected chi connectivity index (χ0v) is 13.0. The largest absolute Gasteiger partial charge is 0.308 e. The van der Waals surface area contributed by atoms with Crippen molar-refractivity contribution in [3.05, 3.63) is 0 Å². The Balaban J connectivity index is 1.77. The van der Waals surface area contributed by atoms with Crippen molar-refractivity contribution >= 4 is 12.6 Å². The first-order valence-corrected chi connectivity index (χ1v) is 8.52. The summed E-state index contributed by atoms with van der Waals surface area (Å²) < 4.78 is 0. The molecule has 0 saturated heterocycles. The van der Waals surface area contributed by atoms with E-state index in [9.17, 15) is 0 Å². The van der Waals surface area contributed by atoms with Crippen LogP contribution in [0.2, 0.25) is 0 Å². The van der Waals surface area contributed by atoms with Gasteiger partial charge in [0.05, 0.1) is 0 Å². The molecule has 3 aliphatic carbocycles. The first-order valence-electron chi connectivity index (χ1n) is 7.89. The second kappa shape index (κ2) is 4.70. The van der Waals surface area contributed by atoms with Gasteiger partial charge >= 0.3 is 0 Å². The average Bonchev–Trinajstić information content (AvgIpc) is 2.74. The van der Waals surface area contributed by atoms with Crippen LogP contribution in [0.3, 0.4) is 0 Å². The van der Waals surface area contributed by atoms with Gasteiger partial charge in [-0.1, -0.05) is 27.2 Å². The van der Waals surface area contributed by atoms with Gasteiger partial charge in [-0.3, -0.25) is 0 Å². The summed E-state index contributed by atoms with van der Waals surface area (Å²) >= 11 is 4.30. The third-order valence-corrected chi connectivity index (χ3v) is 6.86. The Morgan fingerprint density at radius 3 is 2.67 bits per heavy atom. The predicted octanol–water partition coefficient (Wildman–Crippen LogP) is 3.81. The van der Waals surface area contributed by atoms with E-state index < -0.39 is 0 Å². The minimum Gasteiger partial charge on any atom is -0.308 e. The van der Waals surface area contributed by atoms with Gasteiger partial charge in [-0.05, 0) is 66.7 Å². The summed E-state index contributed by atoms with van der Waals surface area (Å²) in [5, 5.41) is 3.49. The smallest absolute Gasteiger partial charge is 0.0387 e. The lowest BCUT2D eigenvalue weighted by molar-refractivity contribution is 0.190. The van der Waals surface area contributed by atoms with E-state index >= 15 is 0 Å². The Labute approximate surface area is 118 Å². The summed E-state index contributed by atoms with van der Waals surface area (Å²) in [5.41, 5.74) is 0.656. The van der Waals surface area contributed by atoms with E-state index in [1.807, 2.05) is 0 Å². The number of rotatable bonds is 3. The lowest BCUT2D eigenvalue weighted by atomic mass is 9.76. The van der Waals surface area contributed by atoms with Crippen LogP contribution < -0.4 is 5.32 Å². The van der Waals surface area contributed by atoms with Crippen LogP contribution >= 0.6 is 12.6 Å². The summed E-state index contributed by atoms with van der Waals surface area (Å²) in [6, 6.07) is 0. The molecule has 0 aromatic carbocycles. The highest BCUT2D eigenvalue weighted by Crippen LogP contribution is 2.70. The number of fused-ring (bicyclic) bond motifs is 3. The molecule has 1 N–H and O–H groups in total. The molecular weight excluding hydrogens is 238 g/mol. The first-order chi connectivity index (χ1) is 8.57. The molecule has 6 atom stereocenters.